The van der Waals surface area contributed by atoms with E-state index in [1.165, 1.54) is 14.0 Å². The third kappa shape index (κ3) is 2.74. The summed E-state index contributed by atoms with van der Waals surface area (Å²) in [7, 11) is 1.35. The van der Waals surface area contributed by atoms with Gasteiger partial charge in [0.15, 0.2) is 16.4 Å². The number of methoxy groups -OCH3 is 1. The second kappa shape index (κ2) is 4.67. The van der Waals surface area contributed by atoms with Gasteiger partial charge in [0, 0.05) is 5.92 Å². The number of thiocarbonyl (C=S) groups is 1. The molecule has 0 saturated carbocycles. The number of carbonyl (C=O) groups is 1. The largest absolute Gasteiger partial charge is 0.487 e. The Labute approximate surface area is 84.1 Å². The normalized spacial score (nSPS) is 17.3. The van der Waals surface area contributed by atoms with Gasteiger partial charge in [-0.2, -0.15) is 0 Å². The van der Waals surface area contributed by atoms with Crippen molar-refractivity contribution in [3.05, 3.63) is 0 Å². The number of ether oxygens (including phenoxy) is 1. The molecule has 0 aromatic carbocycles. The molecule has 1 N–H and O–H groups in total. The van der Waals surface area contributed by atoms with Crippen LogP contribution in [0.25, 0.3) is 0 Å². The molecule has 0 saturated heterocycles. The Kier molecular flexibility index (Phi) is 4.50. The molecular weight excluding hydrogens is 188 g/mol. The van der Waals surface area contributed by atoms with Crippen LogP contribution in [0.5, 0.6) is 0 Å². The molecule has 0 aromatic rings. The minimum absolute atomic E-state index is 0.0715. The van der Waals surface area contributed by atoms with Gasteiger partial charge in [-0.3, -0.25) is 4.79 Å². The summed E-state index contributed by atoms with van der Waals surface area (Å²) in [5, 5.41) is 9.67. The molecule has 0 fully saturated rings. The van der Waals surface area contributed by atoms with Gasteiger partial charge >= 0.3 is 0 Å². The summed E-state index contributed by atoms with van der Waals surface area (Å²) >= 11 is 4.74. The lowest BCUT2D eigenvalue weighted by Crippen LogP contribution is -2.46. The minimum Gasteiger partial charge on any atom is -0.487 e. The summed E-state index contributed by atoms with van der Waals surface area (Å²) in [6, 6.07) is 0. The lowest BCUT2D eigenvalue weighted by molar-refractivity contribution is -0.134. The first-order chi connectivity index (χ1) is 5.87. The van der Waals surface area contributed by atoms with E-state index >= 15 is 0 Å². The molecule has 0 bridgehead atoms. The number of carbonyl (C=O) groups excluding carboxylic acids is 1. The van der Waals surface area contributed by atoms with E-state index in [4.69, 9.17) is 17.0 Å². The van der Waals surface area contributed by atoms with Crippen molar-refractivity contribution in [1.29, 1.82) is 0 Å². The summed E-state index contributed by atoms with van der Waals surface area (Å²) in [6.07, 6.45) is 0.682. The number of ketones is 1. The van der Waals surface area contributed by atoms with Crippen molar-refractivity contribution >= 4 is 23.1 Å². The van der Waals surface area contributed by atoms with Crippen LogP contribution in [-0.4, -0.2) is 28.7 Å². The van der Waals surface area contributed by atoms with Gasteiger partial charge in [0.05, 0.1) is 7.11 Å². The van der Waals surface area contributed by atoms with E-state index < -0.39 is 5.60 Å². The van der Waals surface area contributed by atoms with Crippen LogP contribution in [0.15, 0.2) is 0 Å². The predicted molar refractivity (Wildman–Crippen MR) is 54.7 cm³/mol. The van der Waals surface area contributed by atoms with Gasteiger partial charge in [-0.1, -0.05) is 13.8 Å². The van der Waals surface area contributed by atoms with Crippen molar-refractivity contribution in [3.8, 4) is 0 Å². The molecule has 0 aliphatic carbocycles. The molecule has 2 unspecified atom stereocenters. The van der Waals surface area contributed by atoms with E-state index in [0.29, 0.717) is 6.42 Å². The lowest BCUT2D eigenvalue weighted by atomic mass is 9.90. The molecule has 0 aliphatic rings. The van der Waals surface area contributed by atoms with E-state index in [1.807, 2.05) is 6.92 Å². The van der Waals surface area contributed by atoms with Crippen molar-refractivity contribution in [2.24, 2.45) is 5.92 Å². The van der Waals surface area contributed by atoms with Crippen LogP contribution in [0.3, 0.4) is 0 Å². The van der Waals surface area contributed by atoms with Gasteiger partial charge in [0.1, 0.15) is 0 Å². The van der Waals surface area contributed by atoms with Gasteiger partial charge in [0.2, 0.25) is 0 Å². The average molecular weight is 204 g/mol. The molecule has 0 rings (SSSR count). The first-order valence-corrected chi connectivity index (χ1v) is 4.63. The van der Waals surface area contributed by atoms with Crippen molar-refractivity contribution in [2.75, 3.05) is 7.11 Å². The fraction of sp³-hybridized carbons (Fsp3) is 0.778. The summed E-state index contributed by atoms with van der Waals surface area (Å²) in [5.41, 5.74) is -1.64. The van der Waals surface area contributed by atoms with Crippen LogP contribution in [0, 0.1) is 5.92 Å². The van der Waals surface area contributed by atoms with Crippen molar-refractivity contribution in [3.63, 3.8) is 0 Å². The second-order valence-electron chi connectivity index (χ2n) is 3.24. The number of Topliss-reactive ketones (excluding diaryl/α,β-unsaturated/α-hetero) is 1. The molecular formula is C9H16O3S. The second-order valence-corrected chi connectivity index (χ2v) is 3.61. The monoisotopic (exact) mass is 204 g/mol. The van der Waals surface area contributed by atoms with E-state index in [2.05, 4.69) is 0 Å². The molecule has 76 valence electrons. The maximum Gasteiger partial charge on any atom is 0.199 e. The van der Waals surface area contributed by atoms with E-state index in [0.717, 1.165) is 0 Å². The Morgan fingerprint density at radius 2 is 2.15 bits per heavy atom. The molecule has 0 aliphatic heterocycles. The molecule has 4 heteroatoms. The fourth-order valence-corrected chi connectivity index (χ4v) is 1.07. The van der Waals surface area contributed by atoms with Crippen LogP contribution in [0.4, 0.5) is 0 Å². The first kappa shape index (κ1) is 12.5. The zero-order chi connectivity index (χ0) is 10.6. The van der Waals surface area contributed by atoms with Gasteiger partial charge < -0.3 is 9.84 Å². The topological polar surface area (TPSA) is 46.5 Å². The predicted octanol–water partition coefficient (Wildman–Crippen LogP) is 1.33. The Hall–Kier alpha value is -0.480. The zero-order valence-electron chi connectivity index (χ0n) is 8.46. The molecule has 0 amide bonds. The first-order valence-electron chi connectivity index (χ1n) is 4.23. The minimum atomic E-state index is -1.64. The molecule has 0 radical (unpaired) electrons. The molecule has 13 heavy (non-hydrogen) atoms. The highest BCUT2D eigenvalue weighted by atomic mass is 32.1. The van der Waals surface area contributed by atoms with Crippen molar-refractivity contribution in [2.45, 2.75) is 32.8 Å². The number of hydrogen-bond donors (Lipinski definition) is 1. The molecule has 3 nitrogen and oxygen atoms in total. The van der Waals surface area contributed by atoms with Gasteiger partial charge in [0.25, 0.3) is 0 Å². The lowest BCUT2D eigenvalue weighted by Gasteiger charge is -2.24. The van der Waals surface area contributed by atoms with E-state index in [1.54, 1.807) is 6.92 Å². The summed E-state index contributed by atoms with van der Waals surface area (Å²) in [4.78, 5) is 11.6. The number of rotatable bonds is 4. The van der Waals surface area contributed by atoms with Crippen LogP contribution in [-0.2, 0) is 9.53 Å². The Morgan fingerprint density at radius 1 is 1.69 bits per heavy atom. The van der Waals surface area contributed by atoms with Crippen molar-refractivity contribution < 1.29 is 14.6 Å². The summed E-state index contributed by atoms with van der Waals surface area (Å²) in [5.74, 6) is -0.495. The zero-order valence-corrected chi connectivity index (χ0v) is 9.27. The van der Waals surface area contributed by atoms with Crippen LogP contribution < -0.4 is 0 Å². The Bertz CT molecular complexity index is 211. The molecule has 0 heterocycles. The third-order valence-corrected chi connectivity index (χ3v) is 2.69. The Morgan fingerprint density at radius 3 is 2.46 bits per heavy atom. The maximum atomic E-state index is 11.6. The summed E-state index contributed by atoms with van der Waals surface area (Å²) in [6.45, 7) is 5.01. The van der Waals surface area contributed by atoms with E-state index in [-0.39, 0.29) is 16.8 Å². The number of hydrogen-bond acceptors (Lipinski definition) is 4. The molecule has 2 atom stereocenters. The molecule has 0 aromatic heterocycles. The highest BCUT2D eigenvalue weighted by molar-refractivity contribution is 7.80. The smallest absolute Gasteiger partial charge is 0.199 e. The standard InChI is InChI=1S/C9H16O3S/c1-5-6(2)7(10)9(3,11)8(13)12-4/h6,11H,5H2,1-4H3. The van der Waals surface area contributed by atoms with Crippen LogP contribution in [0.2, 0.25) is 0 Å². The quantitative estimate of drug-likeness (QED) is 0.702. The van der Waals surface area contributed by atoms with Gasteiger partial charge in [-0.05, 0) is 25.6 Å². The van der Waals surface area contributed by atoms with Gasteiger partial charge in [-0.25, -0.2) is 0 Å². The number of aliphatic hydroxyl groups is 1. The molecule has 0 spiro atoms. The van der Waals surface area contributed by atoms with E-state index in [9.17, 15) is 9.90 Å². The highest BCUT2D eigenvalue weighted by Crippen LogP contribution is 2.17. The average Bonchev–Trinajstić information content (AvgIpc) is 2.13. The highest BCUT2D eigenvalue weighted by Gasteiger charge is 2.38. The van der Waals surface area contributed by atoms with Crippen LogP contribution >= 0.6 is 12.2 Å². The van der Waals surface area contributed by atoms with Crippen LogP contribution in [0.1, 0.15) is 27.2 Å². The fourth-order valence-electron chi connectivity index (χ4n) is 0.965. The third-order valence-electron chi connectivity index (χ3n) is 2.12. The summed E-state index contributed by atoms with van der Waals surface area (Å²) < 4.78 is 4.69. The van der Waals surface area contributed by atoms with Crippen molar-refractivity contribution in [1.82, 2.24) is 0 Å². The van der Waals surface area contributed by atoms with Gasteiger partial charge in [-0.15, -0.1) is 0 Å². The maximum absolute atomic E-state index is 11.6. The Balaban J connectivity index is 4.63. The SMILES string of the molecule is CCC(C)C(=O)C(C)(O)C(=S)OC.